The molecule has 0 saturated heterocycles. The molecule has 1 unspecified atom stereocenters. The summed E-state index contributed by atoms with van der Waals surface area (Å²) in [5.41, 5.74) is 6.65. The lowest BCUT2D eigenvalue weighted by molar-refractivity contribution is -0.116. The summed E-state index contributed by atoms with van der Waals surface area (Å²) >= 11 is 0. The second kappa shape index (κ2) is 4.59. The number of allylic oxidation sites excluding steroid dienone is 1. The van der Waals surface area contributed by atoms with Gasteiger partial charge < -0.3 is 15.9 Å². The van der Waals surface area contributed by atoms with Crippen molar-refractivity contribution >= 4 is 5.78 Å². The number of carbonyl (C=O) groups is 1. The minimum Gasteiger partial charge on any atom is -0.512 e. The lowest BCUT2D eigenvalue weighted by atomic mass is 9.88. The molecule has 0 aliphatic heterocycles. The Morgan fingerprint density at radius 3 is 2.53 bits per heavy atom. The normalized spacial score (nSPS) is 18.3. The van der Waals surface area contributed by atoms with E-state index in [9.17, 15) is 15.0 Å². The number of aliphatic hydroxyl groups excluding tert-OH is 1. The van der Waals surface area contributed by atoms with Gasteiger partial charge in [-0.05, 0) is 12.5 Å². The van der Waals surface area contributed by atoms with Crippen LogP contribution in [0.5, 0.6) is 5.75 Å². The van der Waals surface area contributed by atoms with Gasteiger partial charge in [-0.15, -0.1) is 0 Å². The van der Waals surface area contributed by atoms with Gasteiger partial charge in [0.1, 0.15) is 11.5 Å². The maximum absolute atomic E-state index is 11.8. The summed E-state index contributed by atoms with van der Waals surface area (Å²) in [6.45, 7) is 0. The van der Waals surface area contributed by atoms with Crippen LogP contribution in [0.15, 0.2) is 35.6 Å². The van der Waals surface area contributed by atoms with Gasteiger partial charge in [-0.25, -0.2) is 0 Å². The van der Waals surface area contributed by atoms with E-state index in [1.54, 1.807) is 18.2 Å². The molecule has 4 N–H and O–H groups in total. The fraction of sp³-hybridized carbons (Fsp3) is 0.308. The van der Waals surface area contributed by atoms with Crippen LogP contribution in [0.25, 0.3) is 0 Å². The Morgan fingerprint density at radius 1 is 1.18 bits per heavy atom. The van der Waals surface area contributed by atoms with E-state index in [1.807, 2.05) is 0 Å². The van der Waals surface area contributed by atoms with E-state index >= 15 is 0 Å². The third-order valence-electron chi connectivity index (χ3n) is 3.01. The summed E-state index contributed by atoms with van der Waals surface area (Å²) in [5, 5.41) is 19.4. The number of phenolic OH excluding ortho intramolecular Hbond substituents is 1. The summed E-state index contributed by atoms with van der Waals surface area (Å²) in [6, 6.07) is 5.83. The Labute approximate surface area is 99.4 Å². The maximum atomic E-state index is 11.8. The van der Waals surface area contributed by atoms with Crippen LogP contribution in [-0.4, -0.2) is 16.0 Å². The Balaban J connectivity index is 2.41. The molecule has 17 heavy (non-hydrogen) atoms. The van der Waals surface area contributed by atoms with E-state index < -0.39 is 6.04 Å². The molecule has 0 bridgehead atoms. The standard InChI is InChI=1S/C13H15NO3/c14-13(8-4-1-2-5-9(8)15)12-10(16)6-3-7-11(12)17/h1-2,4-5,13,15-16H,3,6-7,14H2. The highest BCUT2D eigenvalue weighted by molar-refractivity contribution is 5.98. The molecule has 1 aliphatic carbocycles. The van der Waals surface area contributed by atoms with E-state index in [0.717, 1.165) is 0 Å². The summed E-state index contributed by atoms with van der Waals surface area (Å²) in [7, 11) is 0. The first-order valence-electron chi connectivity index (χ1n) is 5.60. The molecular weight excluding hydrogens is 218 g/mol. The van der Waals surface area contributed by atoms with Gasteiger partial charge in [-0.1, -0.05) is 18.2 Å². The third-order valence-corrected chi connectivity index (χ3v) is 3.01. The maximum Gasteiger partial charge on any atom is 0.164 e. The fourth-order valence-electron chi connectivity index (χ4n) is 2.11. The predicted molar refractivity (Wildman–Crippen MR) is 63.5 cm³/mol. The van der Waals surface area contributed by atoms with Crippen LogP contribution in [-0.2, 0) is 4.79 Å². The smallest absolute Gasteiger partial charge is 0.164 e. The van der Waals surface area contributed by atoms with Crippen molar-refractivity contribution in [3.63, 3.8) is 0 Å². The highest BCUT2D eigenvalue weighted by atomic mass is 16.3. The number of hydrogen-bond donors (Lipinski definition) is 3. The van der Waals surface area contributed by atoms with Crippen molar-refractivity contribution in [1.82, 2.24) is 0 Å². The molecule has 0 amide bonds. The molecule has 1 aliphatic rings. The quantitative estimate of drug-likeness (QED) is 0.729. The van der Waals surface area contributed by atoms with Gasteiger partial charge in [0.2, 0.25) is 0 Å². The lowest BCUT2D eigenvalue weighted by Gasteiger charge is -2.21. The number of ketones is 1. The average molecular weight is 233 g/mol. The number of nitrogens with two attached hydrogens (primary N) is 1. The predicted octanol–water partition coefficient (Wildman–Crippen LogP) is 1.96. The van der Waals surface area contributed by atoms with E-state index in [2.05, 4.69) is 0 Å². The van der Waals surface area contributed by atoms with Gasteiger partial charge in [0.05, 0.1) is 11.6 Å². The molecule has 0 fully saturated rings. The highest BCUT2D eigenvalue weighted by Crippen LogP contribution is 2.32. The van der Waals surface area contributed by atoms with Gasteiger partial charge in [0.15, 0.2) is 5.78 Å². The van der Waals surface area contributed by atoms with Gasteiger partial charge >= 0.3 is 0 Å². The Morgan fingerprint density at radius 2 is 1.88 bits per heavy atom. The van der Waals surface area contributed by atoms with Crippen molar-refractivity contribution in [3.8, 4) is 5.75 Å². The zero-order valence-corrected chi connectivity index (χ0v) is 9.39. The molecule has 1 aromatic carbocycles. The van der Waals surface area contributed by atoms with Gasteiger partial charge in [0, 0.05) is 18.4 Å². The summed E-state index contributed by atoms with van der Waals surface area (Å²) in [5.74, 6) is -0.0415. The second-order valence-corrected chi connectivity index (χ2v) is 4.17. The molecule has 0 aromatic heterocycles. The number of para-hydroxylation sites is 1. The lowest BCUT2D eigenvalue weighted by Crippen LogP contribution is -2.23. The van der Waals surface area contributed by atoms with E-state index in [1.165, 1.54) is 6.07 Å². The Hall–Kier alpha value is -1.81. The van der Waals surface area contributed by atoms with Crippen molar-refractivity contribution in [1.29, 1.82) is 0 Å². The summed E-state index contributed by atoms with van der Waals surface area (Å²) < 4.78 is 0. The van der Waals surface area contributed by atoms with Crippen LogP contribution in [0, 0.1) is 0 Å². The number of carbonyl (C=O) groups excluding carboxylic acids is 1. The zero-order chi connectivity index (χ0) is 12.4. The van der Waals surface area contributed by atoms with Crippen molar-refractivity contribution in [2.75, 3.05) is 0 Å². The number of benzene rings is 1. The number of aromatic hydroxyl groups is 1. The topological polar surface area (TPSA) is 83.5 Å². The van der Waals surface area contributed by atoms with E-state index in [4.69, 9.17) is 5.73 Å². The van der Waals surface area contributed by atoms with Crippen molar-refractivity contribution in [2.24, 2.45) is 5.73 Å². The molecule has 0 heterocycles. The Bertz CT molecular complexity index is 479. The minimum absolute atomic E-state index is 0.0404. The van der Waals surface area contributed by atoms with Crippen LogP contribution >= 0.6 is 0 Å². The van der Waals surface area contributed by atoms with Gasteiger partial charge in [0.25, 0.3) is 0 Å². The number of rotatable bonds is 2. The first kappa shape index (κ1) is 11.7. The monoisotopic (exact) mass is 233 g/mol. The summed E-state index contributed by atoms with van der Waals surface area (Å²) in [4.78, 5) is 11.8. The van der Waals surface area contributed by atoms with Crippen molar-refractivity contribution in [3.05, 3.63) is 41.2 Å². The van der Waals surface area contributed by atoms with Crippen molar-refractivity contribution in [2.45, 2.75) is 25.3 Å². The molecule has 2 rings (SSSR count). The number of hydrogen-bond acceptors (Lipinski definition) is 4. The first-order valence-corrected chi connectivity index (χ1v) is 5.60. The molecule has 0 saturated carbocycles. The summed E-state index contributed by atoms with van der Waals surface area (Å²) in [6.07, 6.45) is 1.53. The van der Waals surface area contributed by atoms with Crippen LogP contribution < -0.4 is 5.73 Å². The molecule has 0 spiro atoms. The Kier molecular flexibility index (Phi) is 3.15. The number of phenols is 1. The molecule has 90 valence electrons. The van der Waals surface area contributed by atoms with Gasteiger partial charge in [-0.2, -0.15) is 0 Å². The van der Waals surface area contributed by atoms with E-state index in [-0.39, 0.29) is 22.9 Å². The molecule has 4 nitrogen and oxygen atoms in total. The van der Waals surface area contributed by atoms with Crippen molar-refractivity contribution < 1.29 is 15.0 Å². The second-order valence-electron chi connectivity index (χ2n) is 4.17. The molecule has 0 radical (unpaired) electrons. The molecule has 1 atom stereocenters. The van der Waals surface area contributed by atoms with Crippen LogP contribution in [0.3, 0.4) is 0 Å². The van der Waals surface area contributed by atoms with Crippen LogP contribution in [0.1, 0.15) is 30.9 Å². The SMILES string of the molecule is NC(C1=C(O)CCCC1=O)c1ccccc1O. The number of aliphatic hydroxyl groups is 1. The average Bonchev–Trinajstić information content (AvgIpc) is 2.29. The van der Waals surface area contributed by atoms with Crippen LogP contribution in [0.4, 0.5) is 0 Å². The molecular formula is C13H15NO3. The van der Waals surface area contributed by atoms with Crippen LogP contribution in [0.2, 0.25) is 0 Å². The minimum atomic E-state index is -0.760. The largest absolute Gasteiger partial charge is 0.512 e. The highest BCUT2D eigenvalue weighted by Gasteiger charge is 2.27. The molecule has 1 aromatic rings. The molecule has 4 heteroatoms. The number of Topliss-reactive ketones (excluding diaryl/α,β-unsaturated/α-hetero) is 1. The third kappa shape index (κ3) is 2.17. The first-order chi connectivity index (χ1) is 8.11. The van der Waals surface area contributed by atoms with E-state index in [0.29, 0.717) is 24.8 Å². The van der Waals surface area contributed by atoms with Gasteiger partial charge in [-0.3, -0.25) is 4.79 Å². The zero-order valence-electron chi connectivity index (χ0n) is 9.39. The fourth-order valence-corrected chi connectivity index (χ4v) is 2.11.